The van der Waals surface area contributed by atoms with Gasteiger partial charge in [-0.05, 0) is 52.0 Å². The Labute approximate surface area is 384 Å². The first-order valence-corrected chi connectivity index (χ1v) is 20.5. The number of nitrogens with zero attached hydrogens (tertiary/aromatic N) is 4. The van der Waals surface area contributed by atoms with Crippen molar-refractivity contribution in [3.8, 4) is 0 Å². The summed E-state index contributed by atoms with van der Waals surface area (Å²) in [6.45, 7) is 7.28. The maximum absolute atomic E-state index is 13.9. The van der Waals surface area contributed by atoms with E-state index in [1.807, 2.05) is 0 Å². The summed E-state index contributed by atoms with van der Waals surface area (Å²) in [6.07, 6.45) is -2.26. The number of methoxy groups -OCH3 is 2. The summed E-state index contributed by atoms with van der Waals surface area (Å²) in [5.41, 5.74) is -2.80. The summed E-state index contributed by atoms with van der Waals surface area (Å²) in [5, 5.41) is -1.74. The number of carbonyl (C=O) groups is 4. The molecule has 5 rings (SSSR count). The number of rotatable bonds is 14. The van der Waals surface area contributed by atoms with Gasteiger partial charge in [0.1, 0.15) is 11.2 Å². The number of fused-ring (bicyclic) bond motifs is 2. The number of halogens is 8. The zero-order chi connectivity index (χ0) is 44.4. The summed E-state index contributed by atoms with van der Waals surface area (Å²) in [7, 11) is 3.02. The van der Waals surface area contributed by atoms with Crippen molar-refractivity contribution in [3.63, 3.8) is 0 Å². The zero-order valence-electron chi connectivity index (χ0n) is 32.4. The number of ether oxygens (including phenoxy) is 6. The van der Waals surface area contributed by atoms with Crippen molar-refractivity contribution in [2.45, 2.75) is 38.9 Å². The first kappa shape index (κ1) is 48.1. The van der Waals surface area contributed by atoms with Crippen molar-refractivity contribution in [1.82, 2.24) is 9.80 Å². The molecular formula is C38H34Cl8N4O10. The highest BCUT2D eigenvalue weighted by molar-refractivity contribution is 6.57. The molecule has 60 heavy (non-hydrogen) atoms. The third kappa shape index (κ3) is 9.96. The molecule has 0 bridgehead atoms. The van der Waals surface area contributed by atoms with Crippen LogP contribution < -0.4 is 0 Å². The number of benzene rings is 3. The molecule has 0 radical (unpaired) electrons. The van der Waals surface area contributed by atoms with Gasteiger partial charge in [0.15, 0.2) is 11.7 Å². The molecule has 3 aromatic carbocycles. The Morgan fingerprint density at radius 3 is 1.12 bits per heavy atom. The average molecular weight is 990 g/mol. The lowest BCUT2D eigenvalue weighted by molar-refractivity contribution is -0.0471. The van der Waals surface area contributed by atoms with Crippen LogP contribution in [0.25, 0.3) is 0 Å². The summed E-state index contributed by atoms with van der Waals surface area (Å²) in [4.78, 5) is 65.8. The molecule has 2 aliphatic rings. The second kappa shape index (κ2) is 19.6. The second-order valence-electron chi connectivity index (χ2n) is 14.0. The van der Waals surface area contributed by atoms with Crippen LogP contribution in [0.3, 0.4) is 0 Å². The van der Waals surface area contributed by atoms with Crippen LogP contribution >= 0.6 is 92.8 Å². The quantitative estimate of drug-likeness (QED) is 0.0866. The molecule has 14 nitrogen and oxygen atoms in total. The minimum absolute atomic E-state index is 0.0460. The normalized spacial score (nSPS) is 15.4. The molecule has 22 heteroatoms. The number of amidine groups is 2. The Morgan fingerprint density at radius 2 is 0.817 bits per heavy atom. The number of carbonyl (C=O) groups excluding carboxylic acids is 4. The van der Waals surface area contributed by atoms with Crippen molar-refractivity contribution >= 4 is 140 Å². The van der Waals surface area contributed by atoms with Crippen LogP contribution in [0.2, 0.25) is 40.2 Å². The number of hydrogen-bond donors (Lipinski definition) is 0. The molecule has 0 spiro atoms. The minimum Gasteiger partial charge on any atom is -0.440 e. The zero-order valence-corrected chi connectivity index (χ0v) is 38.5. The van der Waals surface area contributed by atoms with Gasteiger partial charge >= 0.3 is 12.2 Å². The third-order valence-corrected chi connectivity index (χ3v) is 12.0. The van der Waals surface area contributed by atoms with Crippen LogP contribution in [0.15, 0.2) is 34.3 Å². The molecule has 0 fully saturated rings. The molecule has 0 N–H and O–H groups in total. The fraction of sp³-hybridized carbons (Fsp3) is 0.368. The van der Waals surface area contributed by atoms with E-state index in [0.29, 0.717) is 23.0 Å². The van der Waals surface area contributed by atoms with Gasteiger partial charge in [0.25, 0.3) is 11.8 Å². The Balaban J connectivity index is 1.56. The highest BCUT2D eigenvalue weighted by Crippen LogP contribution is 2.47. The van der Waals surface area contributed by atoms with Crippen LogP contribution in [-0.2, 0) is 28.4 Å². The van der Waals surface area contributed by atoms with Crippen LogP contribution in [-0.4, -0.2) is 111 Å². The summed E-state index contributed by atoms with van der Waals surface area (Å²) >= 11 is 51.6. The fourth-order valence-electron chi connectivity index (χ4n) is 5.66. The molecule has 0 aromatic heterocycles. The van der Waals surface area contributed by atoms with Gasteiger partial charge in [0.05, 0.1) is 113 Å². The van der Waals surface area contributed by atoms with Crippen molar-refractivity contribution < 1.29 is 47.6 Å². The monoisotopic (exact) mass is 986 g/mol. The van der Waals surface area contributed by atoms with Crippen LogP contribution in [0.5, 0.6) is 0 Å². The van der Waals surface area contributed by atoms with E-state index in [9.17, 15) is 19.2 Å². The van der Waals surface area contributed by atoms with Crippen molar-refractivity contribution in [1.29, 1.82) is 0 Å². The van der Waals surface area contributed by atoms with Gasteiger partial charge in [-0.15, -0.1) is 0 Å². The van der Waals surface area contributed by atoms with Gasteiger partial charge in [0, 0.05) is 14.2 Å². The van der Waals surface area contributed by atoms with Crippen molar-refractivity contribution in [2.75, 3.05) is 53.9 Å². The number of hydrogen-bond acceptors (Lipinski definition) is 12. The molecular weight excluding hydrogens is 956 g/mol. The Kier molecular flexibility index (Phi) is 15.7. The molecule has 2 heterocycles. The van der Waals surface area contributed by atoms with E-state index in [0.717, 1.165) is 0 Å². The van der Waals surface area contributed by atoms with E-state index in [2.05, 4.69) is 9.98 Å². The number of amides is 4. The first-order valence-electron chi connectivity index (χ1n) is 17.5. The maximum atomic E-state index is 13.9. The summed E-state index contributed by atoms with van der Waals surface area (Å²) < 4.78 is 32.5. The van der Waals surface area contributed by atoms with E-state index in [4.69, 9.17) is 121 Å². The molecule has 0 unspecified atom stereocenters. The molecule has 322 valence electrons. The average Bonchev–Trinajstić information content (AvgIpc) is 3.64. The summed E-state index contributed by atoms with van der Waals surface area (Å²) in [6, 6.07) is 5.79. The lowest BCUT2D eigenvalue weighted by atomic mass is 10.1. The van der Waals surface area contributed by atoms with E-state index < -0.39 is 35.2 Å². The predicted octanol–water partition coefficient (Wildman–Crippen LogP) is 11.1. The summed E-state index contributed by atoms with van der Waals surface area (Å²) in [5.74, 6) is -2.44. The van der Waals surface area contributed by atoms with Gasteiger partial charge in [0.2, 0.25) is 0 Å². The van der Waals surface area contributed by atoms with Crippen LogP contribution in [0, 0.1) is 0 Å². The molecule has 0 aliphatic carbocycles. The standard InChI is InChI=1S/C38H34Cl8N4O10/c1-37(2,15-57-13-11-55-5)59-35(53)49-31(19-21(33(49)51)25(41)29(45)27(43)23(19)39)47-17-7-9-18(10-8-17)48-32-20-22(26(42)30(46)28(44)24(20)40)34(52)50(32)36(54)60-38(3,4)16-58-14-12-56-6/h7-10H,11-16H2,1-6H3. The maximum Gasteiger partial charge on any atom is 0.423 e. The van der Waals surface area contributed by atoms with Crippen molar-refractivity contribution in [3.05, 3.63) is 86.7 Å². The van der Waals surface area contributed by atoms with Gasteiger partial charge < -0.3 is 28.4 Å². The van der Waals surface area contributed by atoms with Gasteiger partial charge in [-0.3, -0.25) is 9.59 Å². The van der Waals surface area contributed by atoms with Crippen molar-refractivity contribution in [2.24, 2.45) is 9.98 Å². The fourth-order valence-corrected chi connectivity index (χ4v) is 7.70. The van der Waals surface area contributed by atoms with Crippen LogP contribution in [0.4, 0.5) is 21.0 Å². The third-order valence-electron chi connectivity index (χ3n) is 8.41. The second-order valence-corrected chi connectivity index (χ2v) is 17.1. The molecule has 0 atom stereocenters. The Bertz CT molecular complexity index is 2150. The smallest absolute Gasteiger partial charge is 0.423 e. The van der Waals surface area contributed by atoms with E-state index in [1.54, 1.807) is 27.7 Å². The molecule has 3 aromatic rings. The van der Waals surface area contributed by atoms with Gasteiger partial charge in [-0.1, -0.05) is 92.8 Å². The lowest BCUT2D eigenvalue weighted by Gasteiger charge is -2.27. The molecule has 0 saturated heterocycles. The minimum atomic E-state index is -1.23. The Morgan fingerprint density at radius 1 is 0.517 bits per heavy atom. The number of aliphatic imine (C=N–C) groups is 2. The van der Waals surface area contributed by atoms with Crippen LogP contribution in [0.1, 0.15) is 59.5 Å². The highest BCUT2D eigenvalue weighted by Gasteiger charge is 2.47. The van der Waals surface area contributed by atoms with E-state index in [1.165, 1.54) is 38.5 Å². The molecule has 4 amide bonds. The largest absolute Gasteiger partial charge is 0.440 e. The number of imide groups is 2. The first-order chi connectivity index (χ1) is 28.2. The van der Waals surface area contributed by atoms with Gasteiger partial charge in [-0.25, -0.2) is 19.6 Å². The predicted molar refractivity (Wildman–Crippen MR) is 231 cm³/mol. The van der Waals surface area contributed by atoms with E-state index >= 15 is 0 Å². The highest BCUT2D eigenvalue weighted by atomic mass is 35.5. The Hall–Kier alpha value is -2.96. The molecule has 2 aliphatic heterocycles. The topological polar surface area (TPSA) is 155 Å². The SMILES string of the molecule is COCCOCC(C)(C)OC(=O)N1C(=O)c2c(Cl)c(Cl)c(Cl)c(Cl)c2C1=Nc1ccc(N=C2c3c(Cl)c(Cl)c(Cl)c(Cl)c3C(=O)N2C(=O)OC(C)(C)COCCOC)cc1. The van der Waals surface area contributed by atoms with Gasteiger partial charge in [-0.2, -0.15) is 9.80 Å². The lowest BCUT2D eigenvalue weighted by Crippen LogP contribution is -2.43. The molecule has 0 saturated carbocycles. The van der Waals surface area contributed by atoms with E-state index in [-0.39, 0.29) is 112 Å².